The Labute approximate surface area is 206 Å². The Hall–Kier alpha value is -3.95. The van der Waals surface area contributed by atoms with Crippen LogP contribution in [0, 0.1) is 0 Å². The number of amides is 3. The summed E-state index contributed by atoms with van der Waals surface area (Å²) in [6, 6.07) is 15.7. The molecule has 1 heterocycles. The van der Waals surface area contributed by atoms with Crippen LogP contribution in [0.15, 0.2) is 66.9 Å². The number of halogens is 3. The summed E-state index contributed by atoms with van der Waals surface area (Å²) >= 11 is 0. The van der Waals surface area contributed by atoms with E-state index in [0.29, 0.717) is 4.90 Å². The first-order valence-electron chi connectivity index (χ1n) is 11.1. The highest BCUT2D eigenvalue weighted by atomic mass is 19.4. The van der Waals surface area contributed by atoms with Crippen molar-refractivity contribution in [1.82, 2.24) is 15.1 Å². The lowest BCUT2D eigenvalue weighted by molar-refractivity contribution is -0.188. The van der Waals surface area contributed by atoms with Crippen molar-refractivity contribution in [3.05, 3.63) is 78.0 Å². The highest BCUT2D eigenvalue weighted by molar-refractivity contribution is 6.06. The smallest absolute Gasteiger partial charge is 0.326 e. The summed E-state index contributed by atoms with van der Waals surface area (Å²) in [6.07, 6.45) is -4.84. The van der Waals surface area contributed by atoms with Gasteiger partial charge in [-0.15, -0.1) is 0 Å². The molecule has 10 heteroatoms. The lowest BCUT2D eigenvalue weighted by Crippen LogP contribution is -2.74. The number of ketones is 1. The van der Waals surface area contributed by atoms with Crippen molar-refractivity contribution in [2.75, 3.05) is 0 Å². The van der Waals surface area contributed by atoms with Crippen molar-refractivity contribution < 1.29 is 32.3 Å². The van der Waals surface area contributed by atoms with Gasteiger partial charge in [-0.2, -0.15) is 13.2 Å². The van der Waals surface area contributed by atoms with Gasteiger partial charge in [-0.05, 0) is 25.0 Å². The van der Waals surface area contributed by atoms with Crippen LogP contribution in [-0.4, -0.2) is 50.7 Å². The second-order valence-electron chi connectivity index (χ2n) is 9.00. The third-order valence-electron chi connectivity index (χ3n) is 5.93. The van der Waals surface area contributed by atoms with Crippen LogP contribution in [0.1, 0.15) is 38.8 Å². The molecule has 0 fully saturated rings. The summed E-state index contributed by atoms with van der Waals surface area (Å²) < 4.78 is 42.6. The molecule has 190 valence electrons. The molecule has 3 amide bonds. The maximum absolute atomic E-state index is 14.2. The largest absolute Gasteiger partial charge is 0.454 e. The number of hydrogen-bond acceptors (Lipinski definition) is 4. The number of Topliss-reactive ketones (excluding diaryl/α,β-unsaturated/α-hetero) is 1. The summed E-state index contributed by atoms with van der Waals surface area (Å²) in [4.78, 5) is 53.8. The molecule has 3 rings (SSSR count). The fourth-order valence-corrected chi connectivity index (χ4v) is 4.34. The van der Waals surface area contributed by atoms with Crippen LogP contribution in [0.25, 0.3) is 5.70 Å². The molecule has 0 spiro atoms. The lowest BCUT2D eigenvalue weighted by Gasteiger charge is -2.51. The van der Waals surface area contributed by atoms with Gasteiger partial charge in [-0.25, -0.2) is 0 Å². The van der Waals surface area contributed by atoms with E-state index in [1.807, 2.05) is 0 Å². The van der Waals surface area contributed by atoms with E-state index >= 15 is 0 Å². The summed E-state index contributed by atoms with van der Waals surface area (Å²) in [7, 11) is 0. The van der Waals surface area contributed by atoms with Crippen LogP contribution in [0.5, 0.6) is 0 Å². The highest BCUT2D eigenvalue weighted by Gasteiger charge is 2.62. The average molecular weight is 502 g/mol. The van der Waals surface area contributed by atoms with Crippen molar-refractivity contribution in [1.29, 1.82) is 0 Å². The number of carbonyl (C=O) groups is 4. The first-order valence-corrected chi connectivity index (χ1v) is 11.1. The van der Waals surface area contributed by atoms with Gasteiger partial charge in [-0.1, -0.05) is 60.7 Å². The van der Waals surface area contributed by atoms with E-state index < -0.39 is 47.3 Å². The van der Waals surface area contributed by atoms with Gasteiger partial charge >= 0.3 is 6.18 Å². The van der Waals surface area contributed by atoms with Crippen molar-refractivity contribution in [3.8, 4) is 0 Å². The average Bonchev–Trinajstić information content (AvgIpc) is 2.79. The highest BCUT2D eigenvalue weighted by Crippen LogP contribution is 2.41. The maximum Gasteiger partial charge on any atom is 0.454 e. The molecule has 1 N–H and O–H groups in total. The van der Waals surface area contributed by atoms with Gasteiger partial charge in [0.2, 0.25) is 11.8 Å². The topological polar surface area (TPSA) is 86.8 Å². The minimum absolute atomic E-state index is 0.141. The van der Waals surface area contributed by atoms with Gasteiger partial charge in [-0.3, -0.25) is 24.1 Å². The van der Waals surface area contributed by atoms with Gasteiger partial charge < -0.3 is 10.2 Å². The zero-order valence-corrected chi connectivity index (χ0v) is 20.2. The predicted octanol–water partition coefficient (Wildman–Crippen LogP) is 3.66. The van der Waals surface area contributed by atoms with Gasteiger partial charge in [0.05, 0.1) is 5.70 Å². The molecule has 0 radical (unpaired) electrons. The zero-order valence-electron chi connectivity index (χ0n) is 20.2. The molecule has 7 nitrogen and oxygen atoms in total. The Kier molecular flexibility index (Phi) is 7.11. The molecule has 1 unspecified atom stereocenters. The van der Waals surface area contributed by atoms with Crippen LogP contribution >= 0.6 is 0 Å². The normalized spacial score (nSPS) is 17.2. The van der Waals surface area contributed by atoms with Gasteiger partial charge in [0.25, 0.3) is 11.7 Å². The third kappa shape index (κ3) is 4.89. The number of alkyl halides is 3. The molecule has 0 saturated heterocycles. The molecule has 1 atom stereocenters. The molecule has 0 aromatic heterocycles. The van der Waals surface area contributed by atoms with Gasteiger partial charge in [0.15, 0.2) is 5.66 Å². The van der Waals surface area contributed by atoms with E-state index in [9.17, 15) is 32.3 Å². The van der Waals surface area contributed by atoms with E-state index in [-0.39, 0.29) is 16.8 Å². The Morgan fingerprint density at radius 3 is 1.92 bits per heavy atom. The molecule has 2 aromatic rings. The SMILES string of the molecule is CC(=O)NC(Cc1ccccc1)(C(=O)C(F)(F)F)N1C(=O)C(C)(C)N(C(C)=O)C=C1c1ccccc1. The maximum atomic E-state index is 14.2. The van der Waals surface area contributed by atoms with E-state index in [1.165, 1.54) is 51.2 Å². The number of hydrogen-bond donors (Lipinski definition) is 1. The number of nitrogens with one attached hydrogen (secondary N) is 1. The van der Waals surface area contributed by atoms with Crippen LogP contribution in [0.3, 0.4) is 0 Å². The van der Waals surface area contributed by atoms with Crippen LogP contribution in [0.4, 0.5) is 13.2 Å². The Morgan fingerprint density at radius 1 is 0.917 bits per heavy atom. The molecule has 2 aromatic carbocycles. The molecule has 0 bridgehead atoms. The summed E-state index contributed by atoms with van der Waals surface area (Å²) in [5.41, 5.74) is -4.14. The molecular formula is C26H26F3N3O4. The number of rotatable bonds is 6. The first kappa shape index (κ1) is 26.7. The summed E-state index contributed by atoms with van der Waals surface area (Å²) in [5.74, 6) is -4.77. The minimum Gasteiger partial charge on any atom is -0.326 e. The number of nitrogens with zero attached hydrogens (tertiary/aromatic N) is 2. The van der Waals surface area contributed by atoms with E-state index in [2.05, 4.69) is 5.32 Å². The number of benzene rings is 2. The van der Waals surface area contributed by atoms with Crippen molar-refractivity contribution in [3.63, 3.8) is 0 Å². The van der Waals surface area contributed by atoms with E-state index in [0.717, 1.165) is 11.8 Å². The molecular weight excluding hydrogens is 475 g/mol. The Balaban J connectivity index is 2.43. The molecule has 0 aliphatic carbocycles. The van der Waals surface area contributed by atoms with E-state index in [1.54, 1.807) is 36.4 Å². The second kappa shape index (κ2) is 9.60. The third-order valence-corrected chi connectivity index (χ3v) is 5.93. The summed E-state index contributed by atoms with van der Waals surface area (Å²) in [6.45, 7) is 4.91. The first-order chi connectivity index (χ1) is 16.7. The quantitative estimate of drug-likeness (QED) is 0.655. The van der Waals surface area contributed by atoms with Crippen molar-refractivity contribution in [2.45, 2.75) is 51.5 Å². The molecule has 1 aliphatic heterocycles. The van der Waals surface area contributed by atoms with E-state index in [4.69, 9.17) is 0 Å². The van der Waals surface area contributed by atoms with Crippen molar-refractivity contribution >= 4 is 29.2 Å². The van der Waals surface area contributed by atoms with Crippen LogP contribution in [-0.2, 0) is 25.6 Å². The van der Waals surface area contributed by atoms with Crippen LogP contribution < -0.4 is 5.32 Å². The zero-order chi connectivity index (χ0) is 26.9. The second-order valence-corrected chi connectivity index (χ2v) is 9.00. The van der Waals surface area contributed by atoms with Crippen molar-refractivity contribution in [2.24, 2.45) is 0 Å². The number of carbonyl (C=O) groups excluding carboxylic acids is 4. The fourth-order valence-electron chi connectivity index (χ4n) is 4.34. The molecule has 1 aliphatic rings. The predicted molar refractivity (Wildman–Crippen MR) is 126 cm³/mol. The molecule has 36 heavy (non-hydrogen) atoms. The summed E-state index contributed by atoms with van der Waals surface area (Å²) in [5, 5.41) is 2.18. The molecule has 0 saturated carbocycles. The fraction of sp³-hybridized carbons (Fsp3) is 0.308. The Bertz CT molecular complexity index is 1210. The monoisotopic (exact) mass is 501 g/mol. The lowest BCUT2D eigenvalue weighted by atomic mass is 9.86. The van der Waals surface area contributed by atoms with Gasteiger partial charge in [0, 0.05) is 26.5 Å². The van der Waals surface area contributed by atoms with Crippen LogP contribution in [0.2, 0.25) is 0 Å². The van der Waals surface area contributed by atoms with Gasteiger partial charge in [0.1, 0.15) is 5.54 Å². The Morgan fingerprint density at radius 2 is 1.44 bits per heavy atom. The minimum atomic E-state index is -5.42. The standard InChI is InChI=1S/C26H26F3N3O4/c1-17(33)30-25(22(35)26(27,28)29,15-19-11-7-5-8-12-19)32-21(20-13-9-6-10-14-20)16-31(18(2)34)24(3,4)23(32)36/h5-14,16H,15H2,1-4H3,(H,30,33).